The molecule has 0 saturated carbocycles. The summed E-state index contributed by atoms with van der Waals surface area (Å²) in [5, 5.41) is 4.89. The van der Waals surface area contributed by atoms with Crippen molar-refractivity contribution in [3.63, 3.8) is 0 Å². The predicted octanol–water partition coefficient (Wildman–Crippen LogP) is 0.0101. The van der Waals surface area contributed by atoms with Crippen molar-refractivity contribution in [2.24, 2.45) is 0 Å². The molecule has 2 rings (SSSR count). The lowest BCUT2D eigenvalue weighted by Crippen LogP contribution is -2.39. The molecule has 1 aliphatic heterocycles. The van der Waals surface area contributed by atoms with Gasteiger partial charge in [0.25, 0.3) is 5.91 Å². The van der Waals surface area contributed by atoms with Crippen molar-refractivity contribution in [1.82, 2.24) is 10.6 Å². The van der Waals surface area contributed by atoms with Crippen LogP contribution in [0.4, 0.5) is 0 Å². The molecule has 0 spiro atoms. The Morgan fingerprint density at radius 3 is 2.50 bits per heavy atom. The minimum atomic E-state index is -3.11. The van der Waals surface area contributed by atoms with Crippen molar-refractivity contribution in [2.75, 3.05) is 18.1 Å². The maximum atomic E-state index is 12.1. The van der Waals surface area contributed by atoms with Crippen LogP contribution in [0.1, 0.15) is 18.9 Å². The standard InChI is InChI=1S/C17H20N2O6S/c1-12(20)18-15(9-13-5-3-2-4-6-13)17(22)25-10-16(21)19-14-7-8-26(23,24)11-14/h2-6,9,14H,7-8,10-11H2,1H3,(H,18,20)(H,19,21)/b15-9+. The van der Waals surface area contributed by atoms with E-state index < -0.39 is 40.3 Å². The molecule has 1 heterocycles. The van der Waals surface area contributed by atoms with Crippen LogP contribution in [0.3, 0.4) is 0 Å². The number of esters is 1. The molecule has 1 aromatic carbocycles. The van der Waals surface area contributed by atoms with E-state index in [1.165, 1.54) is 13.0 Å². The first-order chi connectivity index (χ1) is 12.2. The average molecular weight is 380 g/mol. The smallest absolute Gasteiger partial charge is 0.355 e. The lowest BCUT2D eigenvalue weighted by Gasteiger charge is -2.12. The van der Waals surface area contributed by atoms with Crippen LogP contribution in [-0.4, -0.2) is 50.4 Å². The highest BCUT2D eigenvalue weighted by molar-refractivity contribution is 7.91. The number of nitrogens with one attached hydrogen (secondary N) is 2. The third-order valence-electron chi connectivity index (χ3n) is 3.57. The maximum Gasteiger partial charge on any atom is 0.355 e. The van der Waals surface area contributed by atoms with Gasteiger partial charge in [0.15, 0.2) is 16.4 Å². The monoisotopic (exact) mass is 380 g/mol. The van der Waals surface area contributed by atoms with Crippen LogP contribution in [0.5, 0.6) is 0 Å². The van der Waals surface area contributed by atoms with E-state index in [1.807, 2.05) is 0 Å². The molecule has 1 aromatic rings. The van der Waals surface area contributed by atoms with E-state index in [-0.39, 0.29) is 17.2 Å². The maximum absolute atomic E-state index is 12.1. The minimum absolute atomic E-state index is 0.0320. The van der Waals surface area contributed by atoms with Gasteiger partial charge in [0.05, 0.1) is 11.5 Å². The van der Waals surface area contributed by atoms with Gasteiger partial charge in [0.1, 0.15) is 5.70 Å². The van der Waals surface area contributed by atoms with Gasteiger partial charge in [-0.15, -0.1) is 0 Å². The summed E-state index contributed by atoms with van der Waals surface area (Å²) in [4.78, 5) is 35.3. The van der Waals surface area contributed by atoms with E-state index >= 15 is 0 Å². The second-order valence-electron chi connectivity index (χ2n) is 5.89. The summed E-state index contributed by atoms with van der Waals surface area (Å²) in [7, 11) is -3.11. The summed E-state index contributed by atoms with van der Waals surface area (Å²) < 4.78 is 27.7. The first-order valence-electron chi connectivity index (χ1n) is 7.96. The summed E-state index contributed by atoms with van der Waals surface area (Å²) in [5.74, 6) is -1.99. The summed E-state index contributed by atoms with van der Waals surface area (Å²) >= 11 is 0. The van der Waals surface area contributed by atoms with Gasteiger partial charge >= 0.3 is 5.97 Å². The van der Waals surface area contributed by atoms with Crippen LogP contribution in [-0.2, 0) is 29.0 Å². The molecule has 9 heteroatoms. The lowest BCUT2D eigenvalue weighted by atomic mass is 10.2. The molecule has 1 atom stereocenters. The molecular weight excluding hydrogens is 360 g/mol. The molecule has 1 saturated heterocycles. The molecule has 0 aliphatic carbocycles. The number of hydrogen-bond donors (Lipinski definition) is 2. The summed E-state index contributed by atoms with van der Waals surface area (Å²) in [6.45, 7) is 0.681. The molecule has 0 bridgehead atoms. The highest BCUT2D eigenvalue weighted by Gasteiger charge is 2.29. The van der Waals surface area contributed by atoms with E-state index in [0.717, 1.165) is 0 Å². The second-order valence-corrected chi connectivity index (χ2v) is 8.12. The number of carbonyl (C=O) groups is 3. The summed E-state index contributed by atoms with van der Waals surface area (Å²) in [5.41, 5.74) is 0.578. The van der Waals surface area contributed by atoms with Crippen molar-refractivity contribution in [2.45, 2.75) is 19.4 Å². The Labute approximate surface area is 151 Å². The van der Waals surface area contributed by atoms with Gasteiger partial charge in [-0.25, -0.2) is 13.2 Å². The van der Waals surface area contributed by atoms with E-state index in [1.54, 1.807) is 30.3 Å². The Hall–Kier alpha value is -2.68. The normalized spacial score (nSPS) is 18.8. The van der Waals surface area contributed by atoms with Crippen molar-refractivity contribution in [3.8, 4) is 0 Å². The van der Waals surface area contributed by atoms with Gasteiger partial charge in [0, 0.05) is 13.0 Å². The highest BCUT2D eigenvalue weighted by Crippen LogP contribution is 2.11. The van der Waals surface area contributed by atoms with Crippen molar-refractivity contribution >= 4 is 33.7 Å². The fourth-order valence-corrected chi connectivity index (χ4v) is 4.11. The van der Waals surface area contributed by atoms with Crippen LogP contribution >= 0.6 is 0 Å². The quantitative estimate of drug-likeness (QED) is 0.530. The fraction of sp³-hybridized carbons (Fsp3) is 0.353. The zero-order valence-electron chi connectivity index (χ0n) is 14.2. The van der Waals surface area contributed by atoms with E-state index in [4.69, 9.17) is 4.74 Å². The Balaban J connectivity index is 1.93. The topological polar surface area (TPSA) is 119 Å². The molecule has 1 fully saturated rings. The molecular formula is C17H20N2O6S. The van der Waals surface area contributed by atoms with Crippen molar-refractivity contribution in [1.29, 1.82) is 0 Å². The van der Waals surface area contributed by atoms with Gasteiger partial charge in [-0.05, 0) is 18.1 Å². The lowest BCUT2D eigenvalue weighted by molar-refractivity contribution is -0.145. The van der Waals surface area contributed by atoms with Gasteiger partial charge in [0.2, 0.25) is 5.91 Å². The number of amides is 2. The van der Waals surface area contributed by atoms with Crippen LogP contribution in [0, 0.1) is 0 Å². The van der Waals surface area contributed by atoms with Gasteiger partial charge < -0.3 is 15.4 Å². The predicted molar refractivity (Wildman–Crippen MR) is 94.4 cm³/mol. The largest absolute Gasteiger partial charge is 0.451 e. The van der Waals surface area contributed by atoms with E-state index in [0.29, 0.717) is 12.0 Å². The molecule has 1 unspecified atom stereocenters. The summed E-state index contributed by atoms with van der Waals surface area (Å²) in [6, 6.07) is 8.35. The number of hydrogen-bond acceptors (Lipinski definition) is 6. The Bertz CT molecular complexity index is 817. The molecule has 0 radical (unpaired) electrons. The second kappa shape index (κ2) is 8.61. The number of carbonyl (C=O) groups excluding carboxylic acids is 3. The van der Waals surface area contributed by atoms with E-state index in [2.05, 4.69) is 10.6 Å². The van der Waals surface area contributed by atoms with Crippen LogP contribution in [0.15, 0.2) is 36.0 Å². The first kappa shape index (κ1) is 19.6. The molecule has 2 amide bonds. The molecule has 26 heavy (non-hydrogen) atoms. The first-order valence-corrected chi connectivity index (χ1v) is 9.78. The molecule has 0 aromatic heterocycles. The van der Waals surface area contributed by atoms with Crippen LogP contribution < -0.4 is 10.6 Å². The zero-order chi connectivity index (χ0) is 19.2. The number of rotatable bonds is 6. The summed E-state index contributed by atoms with van der Waals surface area (Å²) in [6.07, 6.45) is 1.78. The van der Waals surface area contributed by atoms with Crippen LogP contribution in [0.25, 0.3) is 6.08 Å². The Morgan fingerprint density at radius 1 is 1.23 bits per heavy atom. The van der Waals surface area contributed by atoms with Crippen molar-refractivity contribution < 1.29 is 27.5 Å². The molecule has 2 N–H and O–H groups in total. The fourth-order valence-electron chi connectivity index (χ4n) is 2.44. The number of ether oxygens (including phenoxy) is 1. The third kappa shape index (κ3) is 6.32. The number of sulfone groups is 1. The number of benzene rings is 1. The third-order valence-corrected chi connectivity index (χ3v) is 5.34. The van der Waals surface area contributed by atoms with Crippen LogP contribution in [0.2, 0.25) is 0 Å². The van der Waals surface area contributed by atoms with Gasteiger partial charge in [-0.3, -0.25) is 9.59 Å². The van der Waals surface area contributed by atoms with Gasteiger partial charge in [-0.1, -0.05) is 30.3 Å². The van der Waals surface area contributed by atoms with Crippen molar-refractivity contribution in [3.05, 3.63) is 41.6 Å². The zero-order valence-corrected chi connectivity index (χ0v) is 15.0. The molecule has 1 aliphatic rings. The Kier molecular flexibility index (Phi) is 6.51. The Morgan fingerprint density at radius 2 is 1.92 bits per heavy atom. The SMILES string of the molecule is CC(=O)N/C(=C/c1ccccc1)C(=O)OCC(=O)NC1CCS(=O)(=O)C1. The molecule has 140 valence electrons. The minimum Gasteiger partial charge on any atom is -0.451 e. The highest BCUT2D eigenvalue weighted by atomic mass is 32.2. The average Bonchev–Trinajstić information content (AvgIpc) is 2.91. The molecule has 8 nitrogen and oxygen atoms in total. The van der Waals surface area contributed by atoms with Gasteiger partial charge in [-0.2, -0.15) is 0 Å². The van der Waals surface area contributed by atoms with E-state index in [9.17, 15) is 22.8 Å².